The van der Waals surface area contributed by atoms with Crippen molar-refractivity contribution in [2.24, 2.45) is 0 Å². The van der Waals surface area contributed by atoms with Gasteiger partial charge in [0.2, 0.25) is 0 Å². The minimum absolute atomic E-state index is 0.198. The zero-order valence-corrected chi connectivity index (χ0v) is 10.6. The first kappa shape index (κ1) is 16.5. The zero-order valence-electron chi connectivity index (χ0n) is 10.6. The predicted octanol–water partition coefficient (Wildman–Crippen LogP) is 4.87. The van der Waals surface area contributed by atoms with Gasteiger partial charge in [0.15, 0.2) is 0 Å². The molecule has 0 bridgehead atoms. The first-order valence-electron chi connectivity index (χ1n) is 6.35. The summed E-state index contributed by atoms with van der Waals surface area (Å²) in [5.74, 6) is 0. The lowest BCUT2D eigenvalue weighted by Crippen LogP contribution is -2.17. The SMILES string of the molecule is CCCCCC=CCCCCOCC(F)(F)F. The van der Waals surface area contributed by atoms with E-state index in [1.54, 1.807) is 0 Å². The molecule has 0 spiro atoms. The average molecular weight is 252 g/mol. The Labute approximate surface area is 102 Å². The van der Waals surface area contributed by atoms with Crippen LogP contribution in [0.2, 0.25) is 0 Å². The average Bonchev–Trinajstić information content (AvgIpc) is 2.24. The maximum Gasteiger partial charge on any atom is 0.411 e. The molecule has 0 aromatic carbocycles. The summed E-state index contributed by atoms with van der Waals surface area (Å²) in [6, 6.07) is 0. The molecule has 0 aromatic heterocycles. The Morgan fingerprint density at radius 3 is 2.06 bits per heavy atom. The molecule has 17 heavy (non-hydrogen) atoms. The first-order valence-corrected chi connectivity index (χ1v) is 6.35. The summed E-state index contributed by atoms with van der Waals surface area (Å²) in [6.07, 6.45) is 7.41. The van der Waals surface area contributed by atoms with E-state index in [4.69, 9.17) is 0 Å². The van der Waals surface area contributed by atoms with Crippen LogP contribution in [0, 0.1) is 0 Å². The number of alkyl halides is 3. The van der Waals surface area contributed by atoms with E-state index in [0.717, 1.165) is 19.3 Å². The summed E-state index contributed by atoms with van der Waals surface area (Å²) < 4.78 is 39.6. The molecule has 0 radical (unpaired) electrons. The second kappa shape index (κ2) is 10.6. The Hall–Kier alpha value is -0.510. The van der Waals surface area contributed by atoms with Gasteiger partial charge in [-0.3, -0.25) is 0 Å². The molecule has 0 saturated heterocycles. The molecule has 0 unspecified atom stereocenters. The fourth-order valence-electron chi connectivity index (χ4n) is 1.40. The van der Waals surface area contributed by atoms with Gasteiger partial charge in [-0.05, 0) is 32.1 Å². The Morgan fingerprint density at radius 1 is 0.941 bits per heavy atom. The molecule has 0 fully saturated rings. The van der Waals surface area contributed by atoms with Gasteiger partial charge in [-0.25, -0.2) is 0 Å². The highest BCUT2D eigenvalue weighted by Crippen LogP contribution is 2.14. The van der Waals surface area contributed by atoms with Gasteiger partial charge in [0.1, 0.15) is 6.61 Å². The molecule has 102 valence electrons. The van der Waals surface area contributed by atoms with Crippen LogP contribution >= 0.6 is 0 Å². The van der Waals surface area contributed by atoms with Crippen LogP contribution in [-0.4, -0.2) is 19.4 Å². The lowest BCUT2D eigenvalue weighted by atomic mass is 10.2. The fourth-order valence-corrected chi connectivity index (χ4v) is 1.40. The van der Waals surface area contributed by atoms with Gasteiger partial charge in [-0.15, -0.1) is 0 Å². The van der Waals surface area contributed by atoms with Gasteiger partial charge < -0.3 is 4.74 Å². The van der Waals surface area contributed by atoms with Crippen molar-refractivity contribution in [2.45, 2.75) is 58.0 Å². The minimum atomic E-state index is -4.20. The van der Waals surface area contributed by atoms with Crippen molar-refractivity contribution in [1.29, 1.82) is 0 Å². The van der Waals surface area contributed by atoms with Crippen molar-refractivity contribution < 1.29 is 17.9 Å². The summed E-state index contributed by atoms with van der Waals surface area (Å²) >= 11 is 0. The van der Waals surface area contributed by atoms with E-state index in [0.29, 0.717) is 6.42 Å². The Kier molecular flexibility index (Phi) is 10.3. The summed E-state index contributed by atoms with van der Waals surface area (Å²) in [4.78, 5) is 0. The molecular weight excluding hydrogens is 229 g/mol. The van der Waals surface area contributed by atoms with Crippen molar-refractivity contribution in [3.63, 3.8) is 0 Å². The fraction of sp³-hybridized carbons (Fsp3) is 0.846. The number of hydrogen-bond donors (Lipinski definition) is 0. The number of hydrogen-bond acceptors (Lipinski definition) is 1. The third-order valence-electron chi connectivity index (χ3n) is 2.32. The molecule has 0 aliphatic rings. The van der Waals surface area contributed by atoms with Crippen molar-refractivity contribution in [2.75, 3.05) is 13.2 Å². The molecular formula is C13H23F3O. The smallest absolute Gasteiger partial charge is 0.372 e. The molecule has 0 aliphatic heterocycles. The third kappa shape index (κ3) is 15.5. The zero-order chi connectivity index (χ0) is 13.0. The van der Waals surface area contributed by atoms with E-state index >= 15 is 0 Å². The Bertz CT molecular complexity index is 188. The number of rotatable bonds is 10. The van der Waals surface area contributed by atoms with Gasteiger partial charge in [-0.2, -0.15) is 13.2 Å². The standard InChI is InChI=1S/C13H23F3O/c1-2-3-4-5-6-7-8-9-10-11-17-12-13(14,15)16/h6-7H,2-5,8-12H2,1H3. The van der Waals surface area contributed by atoms with Crippen LogP contribution in [0.5, 0.6) is 0 Å². The van der Waals surface area contributed by atoms with Gasteiger partial charge in [0.25, 0.3) is 0 Å². The van der Waals surface area contributed by atoms with Crippen molar-refractivity contribution in [3.05, 3.63) is 12.2 Å². The van der Waals surface area contributed by atoms with Crippen LogP contribution < -0.4 is 0 Å². The molecule has 0 N–H and O–H groups in total. The second-order valence-corrected chi connectivity index (χ2v) is 4.13. The summed E-state index contributed by atoms with van der Waals surface area (Å²) in [6.45, 7) is 1.24. The molecule has 0 amide bonds. The lowest BCUT2D eigenvalue weighted by molar-refractivity contribution is -0.174. The van der Waals surface area contributed by atoms with Crippen molar-refractivity contribution in [1.82, 2.24) is 0 Å². The minimum Gasteiger partial charge on any atom is -0.372 e. The summed E-state index contributed by atoms with van der Waals surface area (Å²) in [5, 5.41) is 0. The number of unbranched alkanes of at least 4 members (excludes halogenated alkanes) is 5. The second-order valence-electron chi connectivity index (χ2n) is 4.13. The van der Waals surface area contributed by atoms with E-state index in [-0.39, 0.29) is 6.61 Å². The van der Waals surface area contributed by atoms with Crippen LogP contribution in [0.25, 0.3) is 0 Å². The van der Waals surface area contributed by atoms with Crippen LogP contribution in [0.4, 0.5) is 13.2 Å². The summed E-state index contributed by atoms with van der Waals surface area (Å²) in [7, 11) is 0. The topological polar surface area (TPSA) is 9.23 Å². The number of ether oxygens (including phenoxy) is 1. The van der Waals surface area contributed by atoms with Crippen molar-refractivity contribution >= 4 is 0 Å². The highest BCUT2D eigenvalue weighted by molar-refractivity contribution is 4.81. The van der Waals surface area contributed by atoms with Gasteiger partial charge >= 0.3 is 6.18 Å². The van der Waals surface area contributed by atoms with Gasteiger partial charge in [0, 0.05) is 6.61 Å². The maximum absolute atomic E-state index is 11.7. The monoisotopic (exact) mass is 252 g/mol. The first-order chi connectivity index (χ1) is 8.06. The maximum atomic E-state index is 11.7. The normalized spacial score (nSPS) is 12.5. The largest absolute Gasteiger partial charge is 0.411 e. The van der Waals surface area contributed by atoms with E-state index in [1.807, 2.05) is 0 Å². The quantitative estimate of drug-likeness (QED) is 0.398. The molecule has 0 saturated carbocycles. The Balaban J connectivity index is 3.13. The van der Waals surface area contributed by atoms with E-state index < -0.39 is 12.8 Å². The molecule has 0 rings (SSSR count). The van der Waals surface area contributed by atoms with Crippen molar-refractivity contribution in [3.8, 4) is 0 Å². The van der Waals surface area contributed by atoms with E-state index in [9.17, 15) is 13.2 Å². The highest BCUT2D eigenvalue weighted by atomic mass is 19.4. The molecule has 0 aliphatic carbocycles. The van der Waals surface area contributed by atoms with Crippen LogP contribution in [0.1, 0.15) is 51.9 Å². The van der Waals surface area contributed by atoms with Crippen LogP contribution in [0.3, 0.4) is 0 Å². The third-order valence-corrected chi connectivity index (χ3v) is 2.32. The molecule has 4 heteroatoms. The molecule has 0 heterocycles. The molecule has 0 aromatic rings. The lowest BCUT2D eigenvalue weighted by Gasteiger charge is -2.06. The molecule has 1 nitrogen and oxygen atoms in total. The van der Waals surface area contributed by atoms with Gasteiger partial charge in [0.05, 0.1) is 0 Å². The van der Waals surface area contributed by atoms with E-state index in [1.165, 1.54) is 19.3 Å². The van der Waals surface area contributed by atoms with E-state index in [2.05, 4.69) is 23.8 Å². The predicted molar refractivity (Wildman–Crippen MR) is 64.0 cm³/mol. The number of halogens is 3. The number of allylic oxidation sites excluding steroid dienone is 2. The van der Waals surface area contributed by atoms with Crippen LogP contribution in [-0.2, 0) is 4.74 Å². The highest BCUT2D eigenvalue weighted by Gasteiger charge is 2.26. The Morgan fingerprint density at radius 2 is 1.53 bits per heavy atom. The molecule has 0 atom stereocenters. The van der Waals surface area contributed by atoms with Gasteiger partial charge in [-0.1, -0.05) is 31.9 Å². The van der Waals surface area contributed by atoms with Crippen LogP contribution in [0.15, 0.2) is 12.2 Å². The summed E-state index contributed by atoms with van der Waals surface area (Å²) in [5.41, 5.74) is 0.